The molecule has 0 bridgehead atoms. The summed E-state index contributed by atoms with van der Waals surface area (Å²) in [4.78, 5) is 22.3. The van der Waals surface area contributed by atoms with Crippen molar-refractivity contribution in [2.75, 3.05) is 19.6 Å². The summed E-state index contributed by atoms with van der Waals surface area (Å²) in [6.45, 7) is 7.28. The first-order valence-corrected chi connectivity index (χ1v) is 12.5. The Morgan fingerprint density at radius 1 is 1.00 bits per heavy atom. The van der Waals surface area contributed by atoms with E-state index in [4.69, 9.17) is 10.1 Å². The van der Waals surface area contributed by atoms with Crippen molar-refractivity contribution in [3.8, 4) is 0 Å². The number of aryl methyl sites for hydroxylation is 2. The molecular weight excluding hydrogens is 386 g/mol. The van der Waals surface area contributed by atoms with E-state index >= 15 is 0 Å². The summed E-state index contributed by atoms with van der Waals surface area (Å²) < 4.78 is 2.04. The molecule has 2 saturated heterocycles. The van der Waals surface area contributed by atoms with Gasteiger partial charge in [-0.1, -0.05) is 12.8 Å². The van der Waals surface area contributed by atoms with Crippen LogP contribution >= 0.6 is 0 Å². The summed E-state index contributed by atoms with van der Waals surface area (Å²) in [5, 5.41) is 5.05. The van der Waals surface area contributed by atoms with E-state index in [1.165, 1.54) is 62.7 Å². The van der Waals surface area contributed by atoms with Gasteiger partial charge in [-0.05, 0) is 77.3 Å². The number of amides is 1. The maximum Gasteiger partial charge on any atom is 0.222 e. The van der Waals surface area contributed by atoms with Gasteiger partial charge in [0.15, 0.2) is 5.65 Å². The minimum atomic E-state index is 0.290. The molecule has 3 aliphatic rings. The van der Waals surface area contributed by atoms with E-state index in [-0.39, 0.29) is 5.91 Å². The number of hydrogen-bond donors (Lipinski definition) is 0. The van der Waals surface area contributed by atoms with E-state index < -0.39 is 0 Å². The quantitative estimate of drug-likeness (QED) is 0.717. The number of carbonyl (C=O) groups is 1. The Morgan fingerprint density at radius 3 is 2.55 bits per heavy atom. The summed E-state index contributed by atoms with van der Waals surface area (Å²) in [7, 11) is 0. The molecule has 0 aromatic carbocycles. The van der Waals surface area contributed by atoms with E-state index in [2.05, 4.69) is 24.8 Å². The molecule has 1 atom stereocenters. The molecule has 2 aliphatic heterocycles. The topological polar surface area (TPSA) is 53.7 Å². The van der Waals surface area contributed by atoms with Gasteiger partial charge in [-0.25, -0.2) is 9.50 Å². The van der Waals surface area contributed by atoms with E-state index in [0.29, 0.717) is 12.5 Å². The maximum atomic E-state index is 12.7. The molecule has 5 rings (SSSR count). The van der Waals surface area contributed by atoms with Crippen molar-refractivity contribution in [3.05, 3.63) is 28.7 Å². The van der Waals surface area contributed by atoms with Gasteiger partial charge in [0.05, 0.1) is 11.7 Å². The number of fused-ring (bicyclic) bond motifs is 1. The second-order valence-electron chi connectivity index (χ2n) is 9.88. The van der Waals surface area contributed by atoms with Crippen LogP contribution in [0.4, 0.5) is 0 Å². The third-order valence-corrected chi connectivity index (χ3v) is 7.91. The molecule has 3 fully saturated rings. The van der Waals surface area contributed by atoms with Crippen molar-refractivity contribution in [1.29, 1.82) is 0 Å². The summed E-state index contributed by atoms with van der Waals surface area (Å²) in [5.74, 6) is 0.290. The number of nitrogens with zero attached hydrogens (tertiary/aromatic N) is 5. The average Bonchev–Trinajstić information content (AvgIpc) is 3.53. The van der Waals surface area contributed by atoms with Gasteiger partial charge >= 0.3 is 0 Å². The van der Waals surface area contributed by atoms with Crippen molar-refractivity contribution in [2.24, 2.45) is 0 Å². The van der Waals surface area contributed by atoms with Crippen molar-refractivity contribution in [2.45, 2.75) is 96.6 Å². The molecule has 0 N–H and O–H groups in total. The maximum absolute atomic E-state index is 12.7. The monoisotopic (exact) mass is 423 g/mol. The molecule has 4 heterocycles. The molecule has 6 nitrogen and oxygen atoms in total. The summed E-state index contributed by atoms with van der Waals surface area (Å²) in [6, 6.07) is 3.39. The fourth-order valence-corrected chi connectivity index (χ4v) is 6.18. The van der Waals surface area contributed by atoms with Crippen LogP contribution in [0.5, 0.6) is 0 Å². The van der Waals surface area contributed by atoms with Gasteiger partial charge in [-0.2, -0.15) is 5.10 Å². The van der Waals surface area contributed by atoms with Crippen molar-refractivity contribution in [3.63, 3.8) is 0 Å². The zero-order valence-electron chi connectivity index (χ0n) is 19.3. The minimum Gasteiger partial charge on any atom is -0.343 e. The van der Waals surface area contributed by atoms with Crippen LogP contribution in [0.15, 0.2) is 6.07 Å². The van der Waals surface area contributed by atoms with Crippen LogP contribution in [0.1, 0.15) is 92.9 Å². The third kappa shape index (κ3) is 4.11. The summed E-state index contributed by atoms with van der Waals surface area (Å²) in [6.07, 6.45) is 12.8. The lowest BCUT2D eigenvalue weighted by molar-refractivity contribution is -0.132. The van der Waals surface area contributed by atoms with Gasteiger partial charge in [-0.15, -0.1) is 0 Å². The third-order valence-electron chi connectivity index (χ3n) is 7.91. The highest BCUT2D eigenvalue weighted by atomic mass is 16.2. The highest BCUT2D eigenvalue weighted by Gasteiger charge is 2.34. The van der Waals surface area contributed by atoms with Crippen molar-refractivity contribution < 1.29 is 4.79 Å². The van der Waals surface area contributed by atoms with Crippen LogP contribution in [-0.4, -0.2) is 56.0 Å². The Balaban J connectivity index is 1.35. The van der Waals surface area contributed by atoms with E-state index in [9.17, 15) is 4.79 Å². The van der Waals surface area contributed by atoms with Gasteiger partial charge in [-0.3, -0.25) is 9.69 Å². The fourth-order valence-electron chi connectivity index (χ4n) is 6.18. The zero-order valence-corrected chi connectivity index (χ0v) is 19.3. The van der Waals surface area contributed by atoms with Crippen LogP contribution in [0.2, 0.25) is 0 Å². The van der Waals surface area contributed by atoms with Gasteiger partial charge in [0.2, 0.25) is 5.91 Å². The largest absolute Gasteiger partial charge is 0.343 e. The predicted molar refractivity (Wildman–Crippen MR) is 122 cm³/mol. The molecule has 0 radical (unpaired) electrons. The van der Waals surface area contributed by atoms with E-state index in [0.717, 1.165) is 55.4 Å². The Hall–Kier alpha value is -1.95. The first-order valence-electron chi connectivity index (χ1n) is 12.5. The molecule has 1 unspecified atom stereocenters. The van der Waals surface area contributed by atoms with E-state index in [1.807, 2.05) is 9.42 Å². The Labute approximate surface area is 186 Å². The van der Waals surface area contributed by atoms with Crippen molar-refractivity contribution in [1.82, 2.24) is 24.4 Å². The Bertz CT molecular complexity index is 939. The minimum absolute atomic E-state index is 0.290. The molecule has 1 aliphatic carbocycles. The molecule has 168 valence electrons. The van der Waals surface area contributed by atoms with Crippen LogP contribution in [0.25, 0.3) is 5.65 Å². The molecule has 0 spiro atoms. The second kappa shape index (κ2) is 8.89. The number of likely N-dealkylation sites (tertiary alicyclic amines) is 2. The average molecular weight is 424 g/mol. The normalized spacial score (nSPS) is 23.3. The number of piperidine rings is 1. The van der Waals surface area contributed by atoms with Gasteiger partial charge in [0.1, 0.15) is 0 Å². The molecular formula is C25H37N5O. The van der Waals surface area contributed by atoms with Gasteiger partial charge in [0, 0.05) is 43.0 Å². The van der Waals surface area contributed by atoms with Crippen LogP contribution in [-0.2, 0) is 11.2 Å². The highest BCUT2D eigenvalue weighted by molar-refractivity contribution is 5.76. The number of hydrogen-bond acceptors (Lipinski definition) is 4. The van der Waals surface area contributed by atoms with E-state index in [1.54, 1.807) is 0 Å². The molecule has 1 saturated carbocycles. The molecule has 31 heavy (non-hydrogen) atoms. The first kappa shape index (κ1) is 20.9. The fraction of sp³-hybridized carbons (Fsp3) is 0.720. The molecule has 6 heteroatoms. The lowest BCUT2D eigenvalue weighted by Crippen LogP contribution is -2.35. The van der Waals surface area contributed by atoms with Gasteiger partial charge < -0.3 is 4.90 Å². The van der Waals surface area contributed by atoms with Crippen LogP contribution < -0.4 is 0 Å². The SMILES string of the molecule is Cc1nc2cc(C3CCCN3C3CCCC3)nn2c(C)c1CCC(=O)N1CCCCC1. The molecule has 1 amide bonds. The highest BCUT2D eigenvalue weighted by Crippen LogP contribution is 2.38. The number of aromatic nitrogens is 3. The van der Waals surface area contributed by atoms with Gasteiger partial charge in [0.25, 0.3) is 0 Å². The number of carbonyl (C=O) groups excluding carboxylic acids is 1. The Kier molecular flexibility index (Phi) is 6.00. The summed E-state index contributed by atoms with van der Waals surface area (Å²) >= 11 is 0. The lowest BCUT2D eigenvalue weighted by atomic mass is 10.0. The first-order chi connectivity index (χ1) is 15.1. The molecule has 2 aromatic heterocycles. The standard InChI is InChI=1S/C25H37N5O/c1-18-21(12-13-25(31)28-14-6-3-7-15-28)19(2)30-24(26-18)17-22(27-30)23-11-8-16-29(23)20-9-4-5-10-20/h17,20,23H,3-16H2,1-2H3. The summed E-state index contributed by atoms with van der Waals surface area (Å²) in [5.41, 5.74) is 5.51. The smallest absolute Gasteiger partial charge is 0.222 e. The Morgan fingerprint density at radius 2 is 1.77 bits per heavy atom. The van der Waals surface area contributed by atoms with Crippen LogP contribution in [0.3, 0.4) is 0 Å². The van der Waals surface area contributed by atoms with Crippen molar-refractivity contribution >= 4 is 11.6 Å². The predicted octanol–water partition coefficient (Wildman–Crippen LogP) is 4.37. The van der Waals surface area contributed by atoms with Crippen LogP contribution in [0, 0.1) is 13.8 Å². The molecule has 2 aromatic rings. The lowest BCUT2D eigenvalue weighted by Gasteiger charge is -2.29. The number of rotatable bonds is 5. The zero-order chi connectivity index (χ0) is 21.4. The second-order valence-corrected chi connectivity index (χ2v) is 9.88.